The zero-order chi connectivity index (χ0) is 14.6. The molecule has 0 saturated carbocycles. The maximum atomic E-state index is 11.8. The number of aromatic amines is 1. The lowest BCUT2D eigenvalue weighted by Crippen LogP contribution is -2.49. The number of esters is 1. The number of ether oxygens (including phenoxy) is 1. The molecule has 2 unspecified atom stereocenters. The van der Waals surface area contributed by atoms with E-state index in [0.29, 0.717) is 11.6 Å². The molecule has 0 aliphatic carbocycles. The summed E-state index contributed by atoms with van der Waals surface area (Å²) in [7, 11) is 4.74. The number of hydrogen-bond acceptors (Lipinski definition) is 6. The van der Waals surface area contributed by atoms with Crippen LogP contribution in [0.15, 0.2) is 9.95 Å². The van der Waals surface area contributed by atoms with Crippen molar-refractivity contribution < 1.29 is 9.53 Å². The van der Waals surface area contributed by atoms with E-state index in [1.165, 1.54) is 23.4 Å². The highest BCUT2D eigenvalue weighted by Gasteiger charge is 2.34. The lowest BCUT2D eigenvalue weighted by Gasteiger charge is -2.28. The van der Waals surface area contributed by atoms with Gasteiger partial charge in [0.05, 0.1) is 7.11 Å². The Morgan fingerprint density at radius 1 is 1.68 bits per heavy atom. The number of nitrogens with zero attached hydrogens (tertiary/aromatic N) is 2. The maximum Gasteiger partial charge on any atom is 0.343 e. The molecule has 1 heterocycles. The maximum absolute atomic E-state index is 11.8. The Bertz CT molecular complexity index is 498. The summed E-state index contributed by atoms with van der Waals surface area (Å²) in [5.74, 6) is -0.307. The van der Waals surface area contributed by atoms with Crippen LogP contribution < -0.4 is 11.0 Å². The van der Waals surface area contributed by atoms with Gasteiger partial charge in [-0.15, -0.1) is 5.10 Å². The van der Waals surface area contributed by atoms with E-state index in [1.807, 2.05) is 6.92 Å². The molecule has 0 aliphatic heterocycles. The number of H-pyrrole nitrogens is 1. The van der Waals surface area contributed by atoms with Gasteiger partial charge in [-0.05, 0) is 20.4 Å². The van der Waals surface area contributed by atoms with Crippen LogP contribution in [0.2, 0.25) is 0 Å². The summed E-state index contributed by atoms with van der Waals surface area (Å²) in [5.41, 5.74) is -1.00. The molecule has 0 amide bonds. The number of carbonyl (C=O) groups excluding carboxylic acids is 1. The summed E-state index contributed by atoms with van der Waals surface area (Å²) in [5, 5.41) is 9.98. The van der Waals surface area contributed by atoms with Crippen LogP contribution >= 0.6 is 11.8 Å². The molecule has 7 nitrogen and oxygen atoms in total. The fourth-order valence-corrected chi connectivity index (χ4v) is 2.86. The third-order valence-electron chi connectivity index (χ3n) is 3.03. The van der Waals surface area contributed by atoms with E-state index in [2.05, 4.69) is 15.5 Å². The van der Waals surface area contributed by atoms with E-state index >= 15 is 0 Å². The first-order valence-corrected chi connectivity index (χ1v) is 6.77. The van der Waals surface area contributed by atoms with E-state index < -0.39 is 5.54 Å². The Morgan fingerprint density at radius 3 is 2.74 bits per heavy atom. The van der Waals surface area contributed by atoms with Gasteiger partial charge < -0.3 is 10.1 Å². The third-order valence-corrected chi connectivity index (χ3v) is 4.17. The minimum Gasteiger partial charge on any atom is -0.468 e. The van der Waals surface area contributed by atoms with E-state index in [9.17, 15) is 9.59 Å². The summed E-state index contributed by atoms with van der Waals surface area (Å²) in [6.45, 7) is 3.77. The summed E-state index contributed by atoms with van der Waals surface area (Å²) in [6.07, 6.45) is 0.557. The topological polar surface area (TPSA) is 89.0 Å². The van der Waals surface area contributed by atoms with E-state index in [0.717, 1.165) is 0 Å². The number of aromatic nitrogens is 3. The minimum atomic E-state index is -0.754. The van der Waals surface area contributed by atoms with Gasteiger partial charge in [-0.1, -0.05) is 18.7 Å². The SMILES string of the molecule is CNC(C)(CC(C)Sc1n[nH]c(=O)n1C)C(=O)OC. The van der Waals surface area contributed by atoms with E-state index in [1.54, 1.807) is 21.0 Å². The van der Waals surface area contributed by atoms with Crippen molar-refractivity contribution >= 4 is 17.7 Å². The number of rotatable bonds is 6. The monoisotopic (exact) mass is 288 g/mol. The van der Waals surface area contributed by atoms with Gasteiger partial charge in [0, 0.05) is 12.3 Å². The molecule has 0 fully saturated rings. The Morgan fingerprint density at radius 2 is 2.32 bits per heavy atom. The van der Waals surface area contributed by atoms with Crippen molar-refractivity contribution in [3.8, 4) is 0 Å². The van der Waals surface area contributed by atoms with Crippen molar-refractivity contribution in [2.24, 2.45) is 7.05 Å². The fourth-order valence-electron chi connectivity index (χ4n) is 1.75. The second-order valence-electron chi connectivity index (χ2n) is 4.58. The number of hydrogen-bond donors (Lipinski definition) is 2. The number of methoxy groups -OCH3 is 1. The van der Waals surface area contributed by atoms with Crippen LogP contribution in [0.25, 0.3) is 0 Å². The first-order valence-electron chi connectivity index (χ1n) is 5.89. The van der Waals surface area contributed by atoms with Gasteiger partial charge in [0.2, 0.25) is 0 Å². The molecule has 8 heteroatoms. The molecule has 108 valence electrons. The molecule has 0 bridgehead atoms. The largest absolute Gasteiger partial charge is 0.468 e. The van der Waals surface area contributed by atoms with Gasteiger partial charge in [-0.2, -0.15) is 0 Å². The van der Waals surface area contributed by atoms with Crippen LogP contribution in [0.3, 0.4) is 0 Å². The molecule has 0 saturated heterocycles. The number of likely N-dealkylation sites (N-methyl/N-ethyl adjacent to an activating group) is 1. The normalized spacial score (nSPS) is 15.8. The first kappa shape index (κ1) is 15.8. The Hall–Kier alpha value is -1.28. The summed E-state index contributed by atoms with van der Waals surface area (Å²) < 4.78 is 6.24. The van der Waals surface area contributed by atoms with Gasteiger partial charge in [0.25, 0.3) is 0 Å². The molecule has 2 atom stereocenters. The fraction of sp³-hybridized carbons (Fsp3) is 0.727. The average molecular weight is 288 g/mol. The van der Waals surface area contributed by atoms with Crippen LogP contribution in [0.4, 0.5) is 0 Å². The van der Waals surface area contributed by atoms with Gasteiger partial charge in [-0.25, -0.2) is 9.89 Å². The van der Waals surface area contributed by atoms with Crippen LogP contribution in [-0.4, -0.2) is 45.7 Å². The van der Waals surface area contributed by atoms with E-state index in [-0.39, 0.29) is 16.9 Å². The summed E-state index contributed by atoms with van der Waals surface area (Å²) in [6, 6.07) is 0. The van der Waals surface area contributed by atoms with Crippen molar-refractivity contribution in [3.63, 3.8) is 0 Å². The Balaban J connectivity index is 2.74. The molecular weight excluding hydrogens is 268 g/mol. The highest BCUT2D eigenvalue weighted by Crippen LogP contribution is 2.26. The molecule has 1 aromatic rings. The summed E-state index contributed by atoms with van der Waals surface area (Å²) >= 11 is 1.43. The minimum absolute atomic E-state index is 0.0884. The summed E-state index contributed by atoms with van der Waals surface area (Å²) in [4.78, 5) is 23.0. The molecule has 0 radical (unpaired) electrons. The van der Waals surface area contributed by atoms with Crippen LogP contribution in [0, 0.1) is 0 Å². The van der Waals surface area contributed by atoms with Crippen LogP contribution in [-0.2, 0) is 16.6 Å². The zero-order valence-corrected chi connectivity index (χ0v) is 12.6. The highest BCUT2D eigenvalue weighted by atomic mass is 32.2. The standard InChI is InChI=1S/C11H20N4O3S/c1-7(6-11(2,12-3)8(16)18-5)19-10-14-13-9(17)15(10)4/h7,12H,6H2,1-5H3,(H,13,17). The van der Waals surface area contributed by atoms with Crippen molar-refractivity contribution in [1.82, 2.24) is 20.1 Å². The quantitative estimate of drug-likeness (QED) is 0.571. The number of nitrogens with one attached hydrogen (secondary N) is 2. The van der Waals surface area contributed by atoms with Gasteiger partial charge >= 0.3 is 11.7 Å². The lowest BCUT2D eigenvalue weighted by atomic mass is 9.96. The number of carbonyl (C=O) groups is 1. The predicted octanol–water partition coefficient (Wildman–Crippen LogP) is 0.130. The molecule has 19 heavy (non-hydrogen) atoms. The lowest BCUT2D eigenvalue weighted by molar-refractivity contribution is -0.147. The number of thioether (sulfide) groups is 1. The molecule has 0 aliphatic rings. The molecular formula is C11H20N4O3S. The van der Waals surface area contributed by atoms with Crippen LogP contribution in [0.1, 0.15) is 20.3 Å². The van der Waals surface area contributed by atoms with E-state index in [4.69, 9.17) is 4.74 Å². The van der Waals surface area contributed by atoms with Gasteiger partial charge in [0.1, 0.15) is 5.54 Å². The average Bonchev–Trinajstić information content (AvgIpc) is 2.69. The van der Waals surface area contributed by atoms with Crippen molar-refractivity contribution in [1.29, 1.82) is 0 Å². The zero-order valence-electron chi connectivity index (χ0n) is 11.8. The van der Waals surface area contributed by atoms with Crippen molar-refractivity contribution in [2.45, 2.75) is 36.2 Å². The second-order valence-corrected chi connectivity index (χ2v) is 5.98. The Labute approximate surface area is 116 Å². The highest BCUT2D eigenvalue weighted by molar-refractivity contribution is 7.99. The smallest absolute Gasteiger partial charge is 0.343 e. The molecule has 0 spiro atoms. The molecule has 1 rings (SSSR count). The van der Waals surface area contributed by atoms with Crippen LogP contribution in [0.5, 0.6) is 0 Å². The first-order chi connectivity index (χ1) is 8.84. The van der Waals surface area contributed by atoms with Crippen molar-refractivity contribution in [3.05, 3.63) is 10.5 Å². The van der Waals surface area contributed by atoms with Gasteiger partial charge in [-0.3, -0.25) is 9.36 Å². The third kappa shape index (κ3) is 3.60. The van der Waals surface area contributed by atoms with Gasteiger partial charge in [0.15, 0.2) is 5.16 Å². The second kappa shape index (κ2) is 6.25. The molecule has 0 aromatic carbocycles. The van der Waals surface area contributed by atoms with Crippen molar-refractivity contribution in [2.75, 3.05) is 14.2 Å². The Kier molecular flexibility index (Phi) is 5.19. The predicted molar refractivity (Wildman–Crippen MR) is 73.2 cm³/mol. The molecule has 1 aromatic heterocycles. The molecule has 2 N–H and O–H groups in total.